The quantitative estimate of drug-likeness (QED) is 0.249. The zero-order valence-electron chi connectivity index (χ0n) is 2.87. The zero-order valence-corrected chi connectivity index (χ0v) is 5.04. The molecule has 2 heteroatoms. The third-order valence-electron chi connectivity index (χ3n) is 0.239. The summed E-state index contributed by atoms with van der Waals surface area (Å²) in [5.41, 5.74) is 3.24. The highest BCUT2D eigenvalue weighted by Crippen LogP contribution is 1.63. The predicted molar refractivity (Wildman–Crippen MR) is 28.1 cm³/mol. The van der Waals surface area contributed by atoms with Crippen molar-refractivity contribution in [3.05, 3.63) is 0 Å². The van der Waals surface area contributed by atoms with E-state index in [4.69, 9.17) is 18.0 Å². The van der Waals surface area contributed by atoms with Crippen molar-refractivity contribution in [2.45, 2.75) is 0 Å². The molecule has 0 saturated carbocycles. The van der Waals surface area contributed by atoms with Gasteiger partial charge in [-0.1, -0.05) is 0 Å². The maximum absolute atomic E-state index is 5.22. The molecular weight excluding hydrogens is 99.6 g/mol. The number of alkyl halides is 1. The fourth-order valence-electron chi connectivity index (χ4n) is 0.0546. The van der Waals surface area contributed by atoms with Gasteiger partial charge in [0, 0.05) is 5.50 Å². The predicted octanol–water partition coefficient (Wildman–Crippen LogP) is -0.0578. The van der Waals surface area contributed by atoms with Crippen LogP contribution in [0.2, 0.25) is 0 Å². The first kappa shape index (κ1) is 5.07. The number of halogens is 1. The van der Waals surface area contributed by atoms with Crippen LogP contribution in [0.5, 0.6) is 0 Å². The second kappa shape index (κ2) is 4.07. The van der Waals surface area contributed by atoms with E-state index in [2.05, 4.69) is 5.54 Å². The van der Waals surface area contributed by atoms with Crippen LogP contribution in [-0.4, -0.2) is 15.0 Å². The summed E-state index contributed by atoms with van der Waals surface area (Å²) < 4.78 is 0. The van der Waals surface area contributed by atoms with Crippen molar-refractivity contribution in [3.63, 3.8) is 0 Å². The molecule has 0 aliphatic carbocycles. The molecular formula is C3H5ClSi. The van der Waals surface area contributed by atoms with E-state index in [-0.39, 0.29) is 9.52 Å². The molecule has 0 nitrogen and oxygen atoms in total. The van der Waals surface area contributed by atoms with Crippen molar-refractivity contribution >= 4 is 21.1 Å². The van der Waals surface area contributed by atoms with Crippen LogP contribution < -0.4 is 0 Å². The summed E-state index contributed by atoms with van der Waals surface area (Å²) in [6, 6.07) is 0. The van der Waals surface area contributed by atoms with Crippen LogP contribution in [0.4, 0.5) is 0 Å². The fraction of sp³-hybridized carbons (Fsp3) is 0.333. The minimum absolute atomic E-state index is 0.275. The van der Waals surface area contributed by atoms with Crippen molar-refractivity contribution in [2.24, 2.45) is 0 Å². The molecule has 0 unspecified atom stereocenters. The minimum atomic E-state index is -0.275. The van der Waals surface area contributed by atoms with Crippen molar-refractivity contribution in [2.75, 3.05) is 5.50 Å². The lowest BCUT2D eigenvalue weighted by molar-refractivity contribution is 2.15. The summed E-state index contributed by atoms with van der Waals surface area (Å²) in [7, 11) is -0.275. The average Bonchev–Trinajstić information content (AvgIpc) is 1.41. The van der Waals surface area contributed by atoms with Gasteiger partial charge in [0.25, 0.3) is 0 Å². The molecule has 0 radical (unpaired) electrons. The Labute approximate surface area is 39.3 Å². The Morgan fingerprint density at radius 1 is 2.00 bits per heavy atom. The molecule has 0 aromatic carbocycles. The van der Waals surface area contributed by atoms with Crippen molar-refractivity contribution < 1.29 is 0 Å². The Balaban J connectivity index is 2.48. The summed E-state index contributed by atoms with van der Waals surface area (Å²) in [6.45, 7) is 0. The lowest BCUT2D eigenvalue weighted by atomic mass is 11.4. The van der Waals surface area contributed by atoms with Gasteiger partial charge in [0.2, 0.25) is 0 Å². The minimum Gasteiger partial charge on any atom is -0.142 e. The van der Waals surface area contributed by atoms with Gasteiger partial charge in [-0.05, 0) is 0 Å². The molecule has 0 aliphatic heterocycles. The molecule has 0 heterocycles. The second-order valence-electron chi connectivity index (χ2n) is 0.643. The highest BCUT2D eigenvalue weighted by molar-refractivity contribution is 6.56. The molecule has 0 saturated heterocycles. The Kier molecular flexibility index (Phi) is 4.12. The highest BCUT2D eigenvalue weighted by atomic mass is 35.5. The number of hydrogen-bond acceptors (Lipinski definition) is 0. The van der Waals surface area contributed by atoms with Crippen molar-refractivity contribution in [1.82, 2.24) is 0 Å². The number of hydrogen-bond donors (Lipinski definition) is 0. The van der Waals surface area contributed by atoms with Crippen LogP contribution in [0.25, 0.3) is 0 Å². The SMILES string of the molecule is C#C[SiH2]CCl. The van der Waals surface area contributed by atoms with Crippen molar-refractivity contribution in [3.8, 4) is 12.0 Å². The first-order valence-corrected chi connectivity index (χ1v) is 3.65. The van der Waals surface area contributed by atoms with Crippen molar-refractivity contribution in [1.29, 1.82) is 0 Å². The van der Waals surface area contributed by atoms with Gasteiger partial charge in [-0.2, -0.15) is 0 Å². The largest absolute Gasteiger partial charge is 0.142 e. The maximum atomic E-state index is 5.22. The summed E-state index contributed by atoms with van der Waals surface area (Å²) >= 11 is 5.22. The average molecular weight is 105 g/mol. The molecule has 0 aliphatic rings. The Morgan fingerprint density at radius 2 is 2.60 bits per heavy atom. The topological polar surface area (TPSA) is 0 Å². The molecule has 0 atom stereocenters. The lowest BCUT2D eigenvalue weighted by Gasteiger charge is -1.65. The Bertz CT molecular complexity index is 45.3. The van der Waals surface area contributed by atoms with Gasteiger partial charge in [0.15, 0.2) is 0 Å². The van der Waals surface area contributed by atoms with E-state index >= 15 is 0 Å². The monoisotopic (exact) mass is 104 g/mol. The molecule has 0 fully saturated rings. The third kappa shape index (κ3) is 4.07. The van der Waals surface area contributed by atoms with Crippen LogP contribution >= 0.6 is 11.6 Å². The number of rotatable bonds is 1. The summed E-state index contributed by atoms with van der Waals surface area (Å²) in [4.78, 5) is 0. The van der Waals surface area contributed by atoms with Crippen LogP contribution in [0.15, 0.2) is 0 Å². The molecule has 0 amide bonds. The smallest absolute Gasteiger partial charge is 0.121 e. The van der Waals surface area contributed by atoms with Gasteiger partial charge in [-0.15, -0.1) is 23.6 Å². The maximum Gasteiger partial charge on any atom is 0.121 e. The molecule has 0 aromatic rings. The summed E-state index contributed by atoms with van der Waals surface area (Å²) in [5, 5.41) is 0. The molecule has 0 rings (SSSR count). The van der Waals surface area contributed by atoms with Gasteiger partial charge in [-0.3, -0.25) is 0 Å². The fourth-order valence-corrected chi connectivity index (χ4v) is 0.491. The second-order valence-corrected chi connectivity index (χ2v) is 3.06. The van der Waals surface area contributed by atoms with E-state index < -0.39 is 0 Å². The van der Waals surface area contributed by atoms with Gasteiger partial charge in [0.1, 0.15) is 9.52 Å². The molecule has 0 spiro atoms. The van der Waals surface area contributed by atoms with Crippen LogP contribution in [-0.2, 0) is 0 Å². The Morgan fingerprint density at radius 3 is 2.60 bits per heavy atom. The molecule has 0 N–H and O–H groups in total. The first-order chi connectivity index (χ1) is 2.41. The molecule has 5 heavy (non-hydrogen) atoms. The van der Waals surface area contributed by atoms with E-state index in [0.717, 1.165) is 5.50 Å². The van der Waals surface area contributed by atoms with E-state index in [9.17, 15) is 0 Å². The van der Waals surface area contributed by atoms with Gasteiger partial charge in [-0.25, -0.2) is 0 Å². The van der Waals surface area contributed by atoms with E-state index in [0.29, 0.717) is 0 Å². The highest BCUT2D eigenvalue weighted by Gasteiger charge is 1.66. The van der Waals surface area contributed by atoms with E-state index in [1.807, 2.05) is 0 Å². The third-order valence-corrected chi connectivity index (χ3v) is 1.28. The van der Waals surface area contributed by atoms with Crippen LogP contribution in [0.3, 0.4) is 0 Å². The normalized spacial score (nSPS) is 8.80. The number of terminal acetylenes is 1. The van der Waals surface area contributed by atoms with Gasteiger partial charge in [0.05, 0.1) is 0 Å². The standard InChI is InChI=1S/C3H5ClSi/c1-2-5-3-4/h1H,3,5H2. The molecule has 0 aromatic heterocycles. The van der Waals surface area contributed by atoms with Gasteiger partial charge >= 0.3 is 0 Å². The van der Waals surface area contributed by atoms with E-state index in [1.54, 1.807) is 0 Å². The first-order valence-electron chi connectivity index (χ1n) is 1.41. The lowest BCUT2D eigenvalue weighted by Crippen LogP contribution is -1.82. The van der Waals surface area contributed by atoms with E-state index in [1.165, 1.54) is 0 Å². The Hall–Kier alpha value is 0.0669. The van der Waals surface area contributed by atoms with Crippen LogP contribution in [0, 0.1) is 12.0 Å². The molecule has 28 valence electrons. The molecule has 0 bridgehead atoms. The summed E-state index contributed by atoms with van der Waals surface area (Å²) in [5.74, 6) is 0. The zero-order chi connectivity index (χ0) is 4.12. The van der Waals surface area contributed by atoms with Crippen LogP contribution in [0.1, 0.15) is 0 Å². The summed E-state index contributed by atoms with van der Waals surface area (Å²) in [6.07, 6.45) is 4.87. The van der Waals surface area contributed by atoms with Gasteiger partial charge < -0.3 is 0 Å².